The predicted octanol–water partition coefficient (Wildman–Crippen LogP) is 1.91. The summed E-state index contributed by atoms with van der Waals surface area (Å²) in [4.78, 5) is 22.3. The third-order valence-corrected chi connectivity index (χ3v) is 3.66. The molecule has 1 saturated heterocycles. The fraction of sp³-hybridized carbons (Fsp3) is 0.600. The second-order valence-corrected chi connectivity index (χ2v) is 5.58. The van der Waals surface area contributed by atoms with Gasteiger partial charge in [0.2, 0.25) is 0 Å². The van der Waals surface area contributed by atoms with Crippen molar-refractivity contribution in [2.24, 2.45) is 11.8 Å². The molecule has 0 aromatic rings. The number of carboxylic acid groups (broad SMARTS) is 1. The van der Waals surface area contributed by atoms with Gasteiger partial charge in [0.25, 0.3) is 0 Å². The van der Waals surface area contributed by atoms with E-state index in [4.69, 9.17) is 9.84 Å². The summed E-state index contributed by atoms with van der Waals surface area (Å²) in [6.07, 6.45) is -0.544. The van der Waals surface area contributed by atoms with Crippen LogP contribution >= 0.6 is 0 Å². The fourth-order valence-electron chi connectivity index (χ4n) is 2.26. The number of cyclic esters (lactones) is 1. The van der Waals surface area contributed by atoms with Gasteiger partial charge >= 0.3 is 11.9 Å². The van der Waals surface area contributed by atoms with Gasteiger partial charge in [0.1, 0.15) is 12.2 Å². The monoisotopic (exact) mass is 282 g/mol. The van der Waals surface area contributed by atoms with E-state index in [1.54, 1.807) is 0 Å². The summed E-state index contributed by atoms with van der Waals surface area (Å²) in [5.41, 5.74) is 0.830. The molecule has 0 bridgehead atoms. The third-order valence-electron chi connectivity index (χ3n) is 3.66. The third kappa shape index (κ3) is 3.93. The van der Waals surface area contributed by atoms with Crippen LogP contribution in [0.2, 0.25) is 0 Å². The number of aliphatic carboxylic acids is 1. The van der Waals surface area contributed by atoms with Gasteiger partial charge in [-0.15, -0.1) is 0 Å². The highest BCUT2D eigenvalue weighted by atomic mass is 16.6. The lowest BCUT2D eigenvalue weighted by atomic mass is 9.88. The predicted molar refractivity (Wildman–Crippen MR) is 74.0 cm³/mol. The lowest BCUT2D eigenvalue weighted by molar-refractivity contribution is -0.143. The molecule has 20 heavy (non-hydrogen) atoms. The fourth-order valence-corrected chi connectivity index (χ4v) is 2.26. The molecule has 112 valence electrons. The maximum atomic E-state index is 11.2. The highest BCUT2D eigenvalue weighted by Crippen LogP contribution is 2.27. The highest BCUT2D eigenvalue weighted by molar-refractivity contribution is 5.90. The standard InChI is InChI=1S/C15H22O5/c1-8(2)11(14(17)18)6-5-9(3)13(16)12-7-10(4)15(19)20-12/h8,11-13,16H,3-7H2,1-2H3,(H,17,18)/t11-,12+,13?/m0/s1. The van der Waals surface area contributed by atoms with E-state index in [0.717, 1.165) is 0 Å². The lowest BCUT2D eigenvalue weighted by Crippen LogP contribution is -2.28. The molecule has 1 unspecified atom stereocenters. The minimum atomic E-state index is -0.972. The van der Waals surface area contributed by atoms with Crippen molar-refractivity contribution < 1.29 is 24.5 Å². The van der Waals surface area contributed by atoms with Crippen molar-refractivity contribution in [3.8, 4) is 0 Å². The number of hydrogen-bond donors (Lipinski definition) is 2. The zero-order chi connectivity index (χ0) is 15.4. The number of carboxylic acids is 1. The minimum Gasteiger partial charge on any atom is -0.481 e. The van der Waals surface area contributed by atoms with Gasteiger partial charge in [-0.1, -0.05) is 27.0 Å². The molecule has 0 saturated carbocycles. The van der Waals surface area contributed by atoms with E-state index < -0.39 is 30.1 Å². The van der Waals surface area contributed by atoms with Crippen LogP contribution in [0.25, 0.3) is 0 Å². The van der Waals surface area contributed by atoms with Crippen molar-refractivity contribution in [3.63, 3.8) is 0 Å². The smallest absolute Gasteiger partial charge is 0.333 e. The van der Waals surface area contributed by atoms with Crippen molar-refractivity contribution in [2.45, 2.75) is 45.3 Å². The van der Waals surface area contributed by atoms with Crippen LogP contribution in [0.1, 0.15) is 33.1 Å². The molecule has 0 radical (unpaired) electrons. The molecular weight excluding hydrogens is 260 g/mol. The van der Waals surface area contributed by atoms with Gasteiger partial charge in [-0.05, 0) is 24.3 Å². The van der Waals surface area contributed by atoms with Crippen molar-refractivity contribution in [3.05, 3.63) is 24.3 Å². The van der Waals surface area contributed by atoms with E-state index in [1.165, 1.54) is 0 Å². The average Bonchev–Trinajstić information content (AvgIpc) is 2.67. The molecule has 5 nitrogen and oxygen atoms in total. The molecule has 5 heteroatoms. The van der Waals surface area contributed by atoms with Crippen LogP contribution in [0.3, 0.4) is 0 Å². The quantitative estimate of drug-likeness (QED) is 0.423. The Hall–Kier alpha value is -1.62. The molecule has 1 aliphatic rings. The molecule has 0 aliphatic carbocycles. The van der Waals surface area contributed by atoms with Crippen LogP contribution < -0.4 is 0 Å². The van der Waals surface area contributed by atoms with Gasteiger partial charge in [-0.2, -0.15) is 0 Å². The summed E-state index contributed by atoms with van der Waals surface area (Å²) < 4.78 is 4.99. The zero-order valence-corrected chi connectivity index (χ0v) is 12.0. The van der Waals surface area contributed by atoms with Gasteiger partial charge in [-0.3, -0.25) is 4.79 Å². The first-order valence-electron chi connectivity index (χ1n) is 6.71. The van der Waals surface area contributed by atoms with Crippen LogP contribution in [0, 0.1) is 11.8 Å². The number of carbonyl (C=O) groups excluding carboxylic acids is 1. The van der Waals surface area contributed by atoms with Crippen LogP contribution in [0.4, 0.5) is 0 Å². The second-order valence-electron chi connectivity index (χ2n) is 5.58. The Kier molecular flexibility index (Phi) is 5.51. The van der Waals surface area contributed by atoms with Crippen LogP contribution in [-0.4, -0.2) is 34.4 Å². The topological polar surface area (TPSA) is 83.8 Å². The summed E-state index contributed by atoms with van der Waals surface area (Å²) in [6.45, 7) is 11.0. The van der Waals surface area contributed by atoms with Gasteiger partial charge in [0.15, 0.2) is 0 Å². The molecule has 1 rings (SSSR count). The molecular formula is C15H22O5. The van der Waals surface area contributed by atoms with E-state index in [2.05, 4.69) is 13.2 Å². The summed E-state index contributed by atoms with van der Waals surface area (Å²) in [5, 5.41) is 19.2. The molecule has 1 fully saturated rings. The summed E-state index contributed by atoms with van der Waals surface area (Å²) >= 11 is 0. The molecule has 1 heterocycles. The van der Waals surface area contributed by atoms with E-state index >= 15 is 0 Å². The Balaban J connectivity index is 2.52. The normalized spacial score (nSPS) is 21.7. The molecule has 1 aliphatic heterocycles. The molecule has 0 aromatic carbocycles. The summed E-state index contributed by atoms with van der Waals surface area (Å²) in [7, 11) is 0. The molecule has 0 amide bonds. The van der Waals surface area contributed by atoms with Gasteiger partial charge in [0.05, 0.1) is 5.92 Å². The van der Waals surface area contributed by atoms with Crippen LogP contribution in [-0.2, 0) is 14.3 Å². The molecule has 3 atom stereocenters. The van der Waals surface area contributed by atoms with Crippen molar-refractivity contribution in [1.82, 2.24) is 0 Å². The maximum Gasteiger partial charge on any atom is 0.333 e. The number of rotatable bonds is 7. The summed E-state index contributed by atoms with van der Waals surface area (Å²) in [5.74, 6) is -1.79. The van der Waals surface area contributed by atoms with E-state index in [9.17, 15) is 14.7 Å². The number of aliphatic hydroxyl groups excluding tert-OH is 1. The molecule has 2 N–H and O–H groups in total. The number of esters is 1. The van der Waals surface area contributed by atoms with Crippen molar-refractivity contribution >= 4 is 11.9 Å². The first-order valence-corrected chi connectivity index (χ1v) is 6.71. The number of ether oxygens (including phenoxy) is 1. The van der Waals surface area contributed by atoms with Gasteiger partial charge < -0.3 is 14.9 Å². The average molecular weight is 282 g/mol. The van der Waals surface area contributed by atoms with E-state index in [-0.39, 0.29) is 12.3 Å². The Morgan fingerprint density at radius 3 is 2.50 bits per heavy atom. The first-order chi connectivity index (χ1) is 9.23. The minimum absolute atomic E-state index is 0.0153. The van der Waals surface area contributed by atoms with Crippen LogP contribution in [0.5, 0.6) is 0 Å². The number of hydrogen-bond acceptors (Lipinski definition) is 4. The Morgan fingerprint density at radius 1 is 1.50 bits per heavy atom. The van der Waals surface area contributed by atoms with Gasteiger partial charge in [0, 0.05) is 12.0 Å². The van der Waals surface area contributed by atoms with E-state index in [0.29, 0.717) is 24.0 Å². The first kappa shape index (κ1) is 16.4. The Morgan fingerprint density at radius 2 is 2.10 bits per heavy atom. The van der Waals surface area contributed by atoms with Crippen LogP contribution in [0.15, 0.2) is 24.3 Å². The zero-order valence-electron chi connectivity index (χ0n) is 12.0. The molecule has 0 spiro atoms. The number of aliphatic hydroxyl groups is 1. The van der Waals surface area contributed by atoms with Gasteiger partial charge in [-0.25, -0.2) is 4.79 Å². The maximum absolute atomic E-state index is 11.2. The second kappa shape index (κ2) is 6.70. The van der Waals surface area contributed by atoms with Crippen molar-refractivity contribution in [2.75, 3.05) is 0 Å². The van der Waals surface area contributed by atoms with Crippen molar-refractivity contribution in [1.29, 1.82) is 0 Å². The SMILES string of the molecule is C=C1C[C@H](C(O)C(=C)CC[C@H](C(=O)O)C(C)C)OC1=O. The molecule has 0 aromatic heterocycles. The highest BCUT2D eigenvalue weighted by Gasteiger charge is 2.34. The largest absolute Gasteiger partial charge is 0.481 e. The Bertz CT molecular complexity index is 408. The van der Waals surface area contributed by atoms with E-state index in [1.807, 2.05) is 13.8 Å². The lowest BCUT2D eigenvalue weighted by Gasteiger charge is -2.21. The Labute approximate surface area is 118 Å². The number of carbonyl (C=O) groups is 2. The summed E-state index contributed by atoms with van der Waals surface area (Å²) in [6, 6.07) is 0.